The van der Waals surface area contributed by atoms with Crippen LogP contribution in [-0.2, 0) is 10.1 Å². The molecule has 0 spiro atoms. The number of anilines is 1. The van der Waals surface area contributed by atoms with Crippen LogP contribution in [0.15, 0.2) is 63.7 Å². The van der Waals surface area contributed by atoms with E-state index in [2.05, 4.69) is 10.2 Å². The summed E-state index contributed by atoms with van der Waals surface area (Å²) in [5.41, 5.74) is 6.59. The van der Waals surface area contributed by atoms with Crippen molar-refractivity contribution in [1.29, 1.82) is 0 Å². The number of nitrogen functional groups attached to an aromatic ring is 1. The Morgan fingerprint density at radius 3 is 2.25 bits per heavy atom. The van der Waals surface area contributed by atoms with Crippen LogP contribution < -0.4 is 5.73 Å². The van der Waals surface area contributed by atoms with Gasteiger partial charge in [0.15, 0.2) is 5.69 Å². The molecule has 3 N–H and O–H groups in total. The molecular formula is C17H15N4NaO5S. The molecule has 0 aliphatic heterocycles. The fraction of sp³-hybridized carbons (Fsp3) is 0.0588. The summed E-state index contributed by atoms with van der Waals surface area (Å²) in [6.07, 6.45) is 0. The summed E-state index contributed by atoms with van der Waals surface area (Å²) in [5, 5.41) is 19.5. The molecule has 0 aliphatic rings. The summed E-state index contributed by atoms with van der Waals surface area (Å²) in [6, 6.07) is 11.8. The van der Waals surface area contributed by atoms with Gasteiger partial charge >= 0.3 is 29.6 Å². The van der Waals surface area contributed by atoms with Gasteiger partial charge in [-0.3, -0.25) is 14.7 Å². The molecule has 0 saturated heterocycles. The molecule has 28 heavy (non-hydrogen) atoms. The molecule has 3 aromatic carbocycles. The van der Waals surface area contributed by atoms with E-state index in [4.69, 9.17) is 5.73 Å². The van der Waals surface area contributed by atoms with E-state index in [0.29, 0.717) is 10.9 Å². The Morgan fingerprint density at radius 1 is 1.04 bits per heavy atom. The van der Waals surface area contributed by atoms with Crippen LogP contribution in [0.2, 0.25) is 0 Å². The zero-order valence-corrected chi connectivity index (χ0v) is 14.8. The number of nitro groups is 1. The van der Waals surface area contributed by atoms with Crippen molar-refractivity contribution in [3.63, 3.8) is 0 Å². The number of rotatable bonds is 4. The molecule has 0 unspecified atom stereocenters. The summed E-state index contributed by atoms with van der Waals surface area (Å²) >= 11 is 0. The normalized spacial score (nSPS) is 11.5. The van der Waals surface area contributed by atoms with Crippen molar-refractivity contribution in [2.45, 2.75) is 11.8 Å². The number of fused-ring (bicyclic) bond motifs is 1. The van der Waals surface area contributed by atoms with Gasteiger partial charge in [-0.1, -0.05) is 30.3 Å². The van der Waals surface area contributed by atoms with Gasteiger partial charge in [0.2, 0.25) is 0 Å². The maximum absolute atomic E-state index is 11.7. The molecule has 11 heteroatoms. The summed E-state index contributed by atoms with van der Waals surface area (Å²) in [7, 11) is -4.54. The van der Waals surface area contributed by atoms with E-state index in [0.717, 1.165) is 6.07 Å². The molecule has 0 fully saturated rings. The monoisotopic (exact) mass is 410 g/mol. The molecule has 0 atom stereocenters. The molecule has 9 nitrogen and oxygen atoms in total. The first-order valence-electron chi connectivity index (χ1n) is 7.64. The first-order valence-corrected chi connectivity index (χ1v) is 9.08. The Balaban J connectivity index is 0.00000280. The van der Waals surface area contributed by atoms with Gasteiger partial charge in [-0.2, -0.15) is 8.42 Å². The van der Waals surface area contributed by atoms with Crippen LogP contribution in [0.3, 0.4) is 0 Å². The van der Waals surface area contributed by atoms with Crippen LogP contribution in [0.4, 0.5) is 22.7 Å². The van der Waals surface area contributed by atoms with Crippen molar-refractivity contribution in [1.82, 2.24) is 0 Å². The van der Waals surface area contributed by atoms with Gasteiger partial charge in [0.25, 0.3) is 15.8 Å². The third-order valence-corrected chi connectivity index (χ3v) is 4.79. The zero-order valence-electron chi connectivity index (χ0n) is 14.0. The van der Waals surface area contributed by atoms with E-state index in [-0.39, 0.29) is 62.6 Å². The molecule has 0 heterocycles. The Labute approximate surface area is 182 Å². The Hall–Kier alpha value is -2.37. The summed E-state index contributed by atoms with van der Waals surface area (Å²) in [5.74, 6) is 0. The van der Waals surface area contributed by atoms with Gasteiger partial charge in [-0.15, -0.1) is 10.2 Å². The number of aryl methyl sites for hydroxylation is 1. The van der Waals surface area contributed by atoms with Crippen molar-refractivity contribution < 1.29 is 17.9 Å². The number of nitro benzene ring substituents is 1. The Morgan fingerprint density at radius 2 is 1.64 bits per heavy atom. The number of azo groups is 1. The van der Waals surface area contributed by atoms with Crippen molar-refractivity contribution in [3.05, 3.63) is 64.2 Å². The topological polar surface area (TPSA) is 148 Å². The van der Waals surface area contributed by atoms with E-state index in [9.17, 15) is 23.1 Å². The van der Waals surface area contributed by atoms with Gasteiger partial charge in [-0.05, 0) is 24.6 Å². The minimum absolute atomic E-state index is 0. The molecule has 3 aromatic rings. The minimum atomic E-state index is -4.54. The van der Waals surface area contributed by atoms with Crippen LogP contribution in [-0.4, -0.2) is 47.5 Å². The number of nitrogens with two attached hydrogens (primary N) is 1. The second-order valence-electron chi connectivity index (χ2n) is 5.78. The van der Waals surface area contributed by atoms with Gasteiger partial charge in [-0.25, -0.2) is 0 Å². The standard InChI is InChI=1S/C17H14N4O5S.Na.H/c1-10-6-7-13(15(8-10)21(22)23)19-20-14-9-16(27(24,25)26)11-4-2-3-5-12(11)17(14)18;;/h2-9H,18H2,1H3,(H,24,25,26);;. The fourth-order valence-corrected chi connectivity index (χ4v) is 3.34. The second kappa shape index (κ2) is 8.33. The third-order valence-electron chi connectivity index (χ3n) is 3.90. The van der Waals surface area contributed by atoms with E-state index >= 15 is 0 Å². The third kappa shape index (κ3) is 4.37. The molecule has 0 radical (unpaired) electrons. The maximum atomic E-state index is 11.7. The van der Waals surface area contributed by atoms with Crippen molar-refractivity contribution in [2.24, 2.45) is 10.2 Å². The number of hydrogen-bond donors (Lipinski definition) is 2. The van der Waals surface area contributed by atoms with Crippen molar-refractivity contribution >= 4 is 73.2 Å². The van der Waals surface area contributed by atoms with Crippen LogP contribution in [0, 0.1) is 17.0 Å². The van der Waals surface area contributed by atoms with Gasteiger partial charge in [0.1, 0.15) is 10.6 Å². The predicted molar refractivity (Wildman–Crippen MR) is 107 cm³/mol. The zero-order chi connectivity index (χ0) is 19.8. The average molecular weight is 410 g/mol. The number of benzene rings is 3. The van der Waals surface area contributed by atoms with Crippen LogP contribution >= 0.6 is 0 Å². The molecule has 0 aliphatic carbocycles. The first-order chi connectivity index (χ1) is 12.7. The molecule has 140 valence electrons. The van der Waals surface area contributed by atoms with Gasteiger partial charge in [0, 0.05) is 16.8 Å². The van der Waals surface area contributed by atoms with Crippen molar-refractivity contribution in [2.75, 3.05) is 5.73 Å². The van der Waals surface area contributed by atoms with Crippen LogP contribution in [0.25, 0.3) is 10.8 Å². The quantitative estimate of drug-likeness (QED) is 0.167. The Bertz CT molecular complexity index is 1210. The molecular weight excluding hydrogens is 395 g/mol. The average Bonchev–Trinajstić information content (AvgIpc) is 2.61. The molecule has 0 aromatic heterocycles. The van der Waals surface area contributed by atoms with Crippen LogP contribution in [0.1, 0.15) is 5.56 Å². The summed E-state index contributed by atoms with van der Waals surface area (Å²) < 4.78 is 32.9. The number of nitrogens with zero attached hydrogens (tertiary/aromatic N) is 3. The summed E-state index contributed by atoms with van der Waals surface area (Å²) in [4.78, 5) is 10.2. The van der Waals surface area contributed by atoms with E-state index in [1.807, 2.05) is 0 Å². The van der Waals surface area contributed by atoms with Crippen molar-refractivity contribution in [3.8, 4) is 0 Å². The van der Waals surface area contributed by atoms with Gasteiger partial charge in [0.05, 0.1) is 10.6 Å². The molecule has 3 rings (SSSR count). The van der Waals surface area contributed by atoms with Gasteiger partial charge < -0.3 is 5.73 Å². The Kier molecular flexibility index (Phi) is 6.52. The summed E-state index contributed by atoms with van der Waals surface area (Å²) in [6.45, 7) is 1.70. The number of hydrogen-bond acceptors (Lipinski definition) is 7. The molecule has 0 saturated carbocycles. The molecule has 0 bridgehead atoms. The van der Waals surface area contributed by atoms with E-state index in [1.54, 1.807) is 31.2 Å². The predicted octanol–water partition coefficient (Wildman–Crippen LogP) is 3.65. The first kappa shape index (κ1) is 21.9. The second-order valence-corrected chi connectivity index (χ2v) is 7.17. The van der Waals surface area contributed by atoms with E-state index in [1.165, 1.54) is 18.2 Å². The molecule has 0 amide bonds. The van der Waals surface area contributed by atoms with Crippen LogP contribution in [0.5, 0.6) is 0 Å². The van der Waals surface area contributed by atoms with E-state index < -0.39 is 15.0 Å². The fourth-order valence-electron chi connectivity index (χ4n) is 2.62. The SMILES string of the molecule is Cc1ccc(N=Nc2cc(S(=O)(=O)O)c3ccccc3c2N)c([N+](=O)[O-])c1.[NaH].